The number of amides is 4. The van der Waals surface area contributed by atoms with Crippen molar-refractivity contribution >= 4 is 29.3 Å². The zero-order valence-corrected chi connectivity index (χ0v) is 16.1. The maximum absolute atomic E-state index is 13.0. The third-order valence-corrected chi connectivity index (χ3v) is 6.36. The van der Waals surface area contributed by atoms with Crippen LogP contribution in [0.15, 0.2) is 24.3 Å². The van der Waals surface area contributed by atoms with Crippen molar-refractivity contribution in [2.24, 2.45) is 5.92 Å². The summed E-state index contributed by atoms with van der Waals surface area (Å²) < 4.78 is 0. The molecule has 0 bridgehead atoms. The second-order valence-corrected chi connectivity index (χ2v) is 8.06. The number of imide groups is 1. The number of nitrogens with one attached hydrogen (secondary N) is 1. The van der Waals surface area contributed by atoms with E-state index in [9.17, 15) is 19.2 Å². The number of urea groups is 1. The minimum Gasteiger partial charge on any atom is -0.323 e. The Bertz CT molecular complexity index is 852. The number of nitrogens with zero attached hydrogens (tertiary/aromatic N) is 2. The zero-order valence-electron chi connectivity index (χ0n) is 16.1. The Hall–Kier alpha value is -2.70. The lowest BCUT2D eigenvalue weighted by Gasteiger charge is -2.36. The van der Waals surface area contributed by atoms with Crippen molar-refractivity contribution in [1.29, 1.82) is 0 Å². The van der Waals surface area contributed by atoms with Crippen molar-refractivity contribution in [3.63, 3.8) is 0 Å². The van der Waals surface area contributed by atoms with Crippen LogP contribution in [-0.4, -0.2) is 47.2 Å². The molecule has 4 rings (SSSR count). The van der Waals surface area contributed by atoms with Crippen molar-refractivity contribution in [3.05, 3.63) is 29.8 Å². The van der Waals surface area contributed by atoms with Gasteiger partial charge in [-0.2, -0.15) is 0 Å². The van der Waals surface area contributed by atoms with E-state index in [2.05, 4.69) is 5.32 Å². The molecular weight excluding hydrogens is 358 g/mol. The molecule has 2 atom stereocenters. The van der Waals surface area contributed by atoms with Gasteiger partial charge < -0.3 is 10.2 Å². The standard InChI is InChI=1S/C21H25N3O4/c1-14-6-2-3-10-21(14)19(27)24(20(28)22-21)13-17(25)15-7-4-8-16(12-15)23-11-5-9-18(23)26/h4,7-8,12,14H,2-3,5-6,9-11,13H2,1H3,(H,22,28). The first-order valence-electron chi connectivity index (χ1n) is 10.00. The highest BCUT2D eigenvalue weighted by Crippen LogP contribution is 2.38. The zero-order chi connectivity index (χ0) is 19.9. The molecule has 2 saturated heterocycles. The summed E-state index contributed by atoms with van der Waals surface area (Å²) in [6, 6.07) is 6.36. The fraction of sp³-hybridized carbons (Fsp3) is 0.524. The van der Waals surface area contributed by atoms with Crippen LogP contribution in [0.5, 0.6) is 0 Å². The van der Waals surface area contributed by atoms with Crippen molar-refractivity contribution in [1.82, 2.24) is 10.2 Å². The van der Waals surface area contributed by atoms with Gasteiger partial charge in [-0.25, -0.2) is 4.79 Å². The third-order valence-electron chi connectivity index (χ3n) is 6.36. The third kappa shape index (κ3) is 2.99. The van der Waals surface area contributed by atoms with Crippen LogP contribution in [0.1, 0.15) is 55.8 Å². The number of carbonyl (C=O) groups is 4. The number of hydrogen-bond donors (Lipinski definition) is 1. The topological polar surface area (TPSA) is 86.8 Å². The first-order chi connectivity index (χ1) is 13.4. The number of Topliss-reactive ketones (excluding diaryl/α,β-unsaturated/α-hetero) is 1. The molecule has 1 aromatic carbocycles. The number of ketones is 1. The molecule has 1 spiro atoms. The van der Waals surface area contributed by atoms with E-state index in [1.165, 1.54) is 0 Å². The Labute approximate surface area is 164 Å². The van der Waals surface area contributed by atoms with E-state index in [0.717, 1.165) is 30.6 Å². The van der Waals surface area contributed by atoms with Crippen LogP contribution in [0.4, 0.5) is 10.5 Å². The predicted octanol–water partition coefficient (Wildman–Crippen LogP) is 2.50. The molecule has 0 radical (unpaired) electrons. The Morgan fingerprint density at radius 3 is 2.75 bits per heavy atom. The lowest BCUT2D eigenvalue weighted by molar-refractivity contribution is -0.133. The highest BCUT2D eigenvalue weighted by molar-refractivity contribution is 6.11. The second-order valence-electron chi connectivity index (χ2n) is 8.06. The average Bonchev–Trinajstić information content (AvgIpc) is 3.21. The van der Waals surface area contributed by atoms with E-state index in [0.29, 0.717) is 30.6 Å². The monoisotopic (exact) mass is 383 g/mol. The number of carbonyl (C=O) groups excluding carboxylic acids is 4. The molecule has 1 N–H and O–H groups in total. The lowest BCUT2D eigenvalue weighted by atomic mass is 9.73. The van der Waals surface area contributed by atoms with Gasteiger partial charge in [-0.15, -0.1) is 0 Å². The molecule has 7 heteroatoms. The van der Waals surface area contributed by atoms with Gasteiger partial charge in [-0.1, -0.05) is 31.9 Å². The van der Waals surface area contributed by atoms with Gasteiger partial charge in [0.05, 0.1) is 6.54 Å². The van der Waals surface area contributed by atoms with Crippen molar-refractivity contribution < 1.29 is 19.2 Å². The summed E-state index contributed by atoms with van der Waals surface area (Å²) in [5, 5.41) is 2.87. The first-order valence-corrected chi connectivity index (χ1v) is 10.00. The Balaban J connectivity index is 1.52. The molecule has 1 saturated carbocycles. The Kier molecular flexibility index (Phi) is 4.69. The Morgan fingerprint density at radius 1 is 1.21 bits per heavy atom. The van der Waals surface area contributed by atoms with E-state index < -0.39 is 11.6 Å². The largest absolute Gasteiger partial charge is 0.325 e. The molecule has 4 amide bonds. The van der Waals surface area contributed by atoms with Gasteiger partial charge >= 0.3 is 6.03 Å². The average molecular weight is 383 g/mol. The smallest absolute Gasteiger partial charge is 0.323 e. The number of benzene rings is 1. The molecule has 2 heterocycles. The SMILES string of the molecule is CC1CCCCC12NC(=O)N(CC(=O)c1cccc(N3CCCC3=O)c1)C2=O. The molecule has 3 aliphatic rings. The van der Waals surface area contributed by atoms with Crippen molar-refractivity contribution in [3.8, 4) is 0 Å². The van der Waals surface area contributed by atoms with E-state index in [-0.39, 0.29) is 30.1 Å². The summed E-state index contributed by atoms with van der Waals surface area (Å²) in [5.74, 6) is -0.490. The summed E-state index contributed by atoms with van der Waals surface area (Å²) in [5.41, 5.74) is 0.220. The van der Waals surface area contributed by atoms with E-state index in [1.807, 2.05) is 6.92 Å². The van der Waals surface area contributed by atoms with Crippen molar-refractivity contribution in [2.45, 2.75) is 51.0 Å². The quantitative estimate of drug-likeness (QED) is 0.639. The molecule has 7 nitrogen and oxygen atoms in total. The summed E-state index contributed by atoms with van der Waals surface area (Å²) in [6.07, 6.45) is 4.77. The van der Waals surface area contributed by atoms with Crippen LogP contribution in [0, 0.1) is 5.92 Å². The van der Waals surface area contributed by atoms with Crippen LogP contribution >= 0.6 is 0 Å². The molecule has 1 aliphatic carbocycles. The van der Waals surface area contributed by atoms with E-state index >= 15 is 0 Å². The summed E-state index contributed by atoms with van der Waals surface area (Å²) in [6.45, 7) is 2.35. The number of hydrogen-bond acceptors (Lipinski definition) is 4. The molecule has 28 heavy (non-hydrogen) atoms. The van der Waals surface area contributed by atoms with Gasteiger partial charge in [0, 0.05) is 24.2 Å². The molecule has 148 valence electrons. The molecule has 1 aromatic rings. The van der Waals surface area contributed by atoms with Crippen LogP contribution < -0.4 is 10.2 Å². The van der Waals surface area contributed by atoms with Gasteiger partial charge in [0.2, 0.25) is 5.91 Å². The molecule has 3 fully saturated rings. The van der Waals surface area contributed by atoms with Gasteiger partial charge in [0.15, 0.2) is 5.78 Å². The summed E-state index contributed by atoms with van der Waals surface area (Å²) in [7, 11) is 0. The molecule has 0 aromatic heterocycles. The van der Waals surface area contributed by atoms with Crippen LogP contribution in [0.3, 0.4) is 0 Å². The Morgan fingerprint density at radius 2 is 2.04 bits per heavy atom. The second kappa shape index (κ2) is 7.04. The van der Waals surface area contributed by atoms with Gasteiger partial charge in [0.1, 0.15) is 5.54 Å². The fourth-order valence-corrected chi connectivity index (χ4v) is 4.64. The van der Waals surface area contributed by atoms with E-state index in [4.69, 9.17) is 0 Å². The predicted molar refractivity (Wildman–Crippen MR) is 103 cm³/mol. The normalized spacial score (nSPS) is 27.6. The van der Waals surface area contributed by atoms with E-state index in [1.54, 1.807) is 29.2 Å². The summed E-state index contributed by atoms with van der Waals surface area (Å²) in [4.78, 5) is 53.0. The highest BCUT2D eigenvalue weighted by atomic mass is 16.2. The van der Waals surface area contributed by atoms with Crippen LogP contribution in [-0.2, 0) is 9.59 Å². The van der Waals surface area contributed by atoms with Gasteiger partial charge in [-0.05, 0) is 37.3 Å². The summed E-state index contributed by atoms with van der Waals surface area (Å²) >= 11 is 0. The maximum Gasteiger partial charge on any atom is 0.325 e. The maximum atomic E-state index is 13.0. The minimum atomic E-state index is -0.862. The number of rotatable bonds is 4. The first kappa shape index (κ1) is 18.7. The van der Waals surface area contributed by atoms with Crippen LogP contribution in [0.25, 0.3) is 0 Å². The van der Waals surface area contributed by atoms with Crippen molar-refractivity contribution in [2.75, 3.05) is 18.0 Å². The molecular formula is C21H25N3O4. The molecule has 2 unspecified atom stereocenters. The minimum absolute atomic E-state index is 0.0481. The number of anilines is 1. The van der Waals surface area contributed by atoms with Gasteiger partial charge in [-0.3, -0.25) is 19.3 Å². The fourth-order valence-electron chi connectivity index (χ4n) is 4.64. The highest BCUT2D eigenvalue weighted by Gasteiger charge is 2.55. The van der Waals surface area contributed by atoms with Gasteiger partial charge in [0.25, 0.3) is 5.91 Å². The lowest BCUT2D eigenvalue weighted by Crippen LogP contribution is -2.54. The van der Waals surface area contributed by atoms with Crippen LogP contribution in [0.2, 0.25) is 0 Å². The molecule has 2 aliphatic heterocycles.